The van der Waals surface area contributed by atoms with Gasteiger partial charge in [-0.25, -0.2) is 0 Å². The van der Waals surface area contributed by atoms with Crippen molar-refractivity contribution in [2.75, 3.05) is 11.9 Å². The van der Waals surface area contributed by atoms with Crippen LogP contribution >= 0.6 is 0 Å². The molecular weight excluding hydrogens is 651 g/mol. The SMILES string of the molecule is CN1C=CN(c2[c-]c(Oc3[c-]c(-n4cc(C(C)(C)c5ccccc5)cn4)ccc3)cc(C(C)(C)C)c2)[CH-]1.[Pt]. The van der Waals surface area contributed by atoms with Crippen LogP contribution in [-0.2, 0) is 31.9 Å². The molecule has 6 heteroatoms. The predicted octanol–water partition coefficient (Wildman–Crippen LogP) is 7.23. The van der Waals surface area contributed by atoms with E-state index in [0.29, 0.717) is 11.5 Å². The van der Waals surface area contributed by atoms with Crippen LogP contribution in [0.2, 0.25) is 0 Å². The van der Waals surface area contributed by atoms with Crippen molar-refractivity contribution in [2.45, 2.75) is 45.4 Å². The van der Waals surface area contributed by atoms with E-state index in [2.05, 4.69) is 94.4 Å². The third kappa shape index (κ3) is 5.89. The zero-order valence-electron chi connectivity index (χ0n) is 22.7. The molecule has 0 bridgehead atoms. The van der Waals surface area contributed by atoms with Gasteiger partial charge in [-0.2, -0.15) is 17.8 Å². The Morgan fingerprint density at radius 1 is 0.789 bits per heavy atom. The van der Waals surface area contributed by atoms with Crippen LogP contribution in [0.3, 0.4) is 0 Å². The molecule has 0 fully saturated rings. The van der Waals surface area contributed by atoms with Gasteiger partial charge in [0.1, 0.15) is 0 Å². The second-order valence-corrected chi connectivity index (χ2v) is 11.0. The van der Waals surface area contributed by atoms with Gasteiger partial charge >= 0.3 is 0 Å². The molecule has 0 radical (unpaired) electrons. The van der Waals surface area contributed by atoms with Gasteiger partial charge in [0.05, 0.1) is 6.20 Å². The molecule has 0 unspecified atom stereocenters. The standard InChI is InChI=1S/C32H33N4O.Pt/c1-31(2,3)25-17-28(35-16-15-34(6)23-35)20-30(18-25)37-29-14-10-13-27(19-29)36-22-26(21-33-36)32(4,5)24-11-8-7-9-12-24;/h7-18,21-23H,1-6H3;/q-3;. The second-order valence-electron chi connectivity index (χ2n) is 11.0. The number of anilines is 1. The van der Waals surface area contributed by atoms with Crippen LogP contribution < -0.4 is 9.64 Å². The van der Waals surface area contributed by atoms with E-state index in [4.69, 9.17) is 4.74 Å². The van der Waals surface area contributed by atoms with Gasteiger partial charge in [0, 0.05) is 49.7 Å². The molecule has 1 aromatic heterocycles. The van der Waals surface area contributed by atoms with Gasteiger partial charge < -0.3 is 14.5 Å². The fourth-order valence-corrected chi connectivity index (χ4v) is 4.29. The number of ether oxygens (including phenoxy) is 1. The molecular formula is C32H33N4OPt-3. The molecule has 0 N–H and O–H groups in total. The molecule has 3 aromatic carbocycles. The minimum atomic E-state index is -0.165. The first-order valence-electron chi connectivity index (χ1n) is 12.5. The van der Waals surface area contributed by atoms with Crippen LogP contribution in [0.25, 0.3) is 5.69 Å². The summed E-state index contributed by atoms with van der Waals surface area (Å²) in [5.74, 6) is 1.27. The minimum Gasteiger partial charge on any atom is -0.510 e. The summed E-state index contributed by atoms with van der Waals surface area (Å²) in [5.41, 5.74) is 5.09. The topological polar surface area (TPSA) is 33.5 Å². The first-order valence-corrected chi connectivity index (χ1v) is 12.5. The van der Waals surface area contributed by atoms with Crippen molar-refractivity contribution < 1.29 is 25.8 Å². The van der Waals surface area contributed by atoms with E-state index in [-0.39, 0.29) is 31.9 Å². The largest absolute Gasteiger partial charge is 0.510 e. The Kier molecular flexibility index (Phi) is 7.90. The Bertz CT molecular complexity index is 1420. The van der Waals surface area contributed by atoms with E-state index in [1.165, 1.54) is 11.1 Å². The molecule has 0 saturated carbocycles. The van der Waals surface area contributed by atoms with Gasteiger partial charge in [0.2, 0.25) is 0 Å². The first kappa shape index (κ1) is 27.7. The molecule has 0 aliphatic carbocycles. The zero-order valence-corrected chi connectivity index (χ0v) is 24.9. The van der Waals surface area contributed by atoms with Gasteiger partial charge in [-0.1, -0.05) is 65.0 Å². The van der Waals surface area contributed by atoms with E-state index in [1.54, 1.807) is 0 Å². The summed E-state index contributed by atoms with van der Waals surface area (Å²) in [5, 5.41) is 4.65. The summed E-state index contributed by atoms with van der Waals surface area (Å²) in [6.07, 6.45) is 8.02. The Hall–Kier alpha value is -3.30. The maximum atomic E-state index is 6.32. The minimum absolute atomic E-state index is 0. The normalized spacial score (nSPS) is 13.5. The van der Waals surface area contributed by atoms with E-state index in [9.17, 15) is 0 Å². The van der Waals surface area contributed by atoms with Crippen LogP contribution in [0.1, 0.15) is 51.3 Å². The van der Waals surface area contributed by atoms with E-state index in [1.807, 2.05) is 71.1 Å². The molecule has 0 atom stereocenters. The van der Waals surface area contributed by atoms with Crippen molar-refractivity contribution in [3.63, 3.8) is 0 Å². The molecule has 1 aliphatic heterocycles. The van der Waals surface area contributed by atoms with Crippen LogP contribution in [0.15, 0.2) is 85.5 Å². The Balaban J connectivity index is 0.00000336. The third-order valence-electron chi connectivity index (χ3n) is 6.76. The van der Waals surface area contributed by atoms with Gasteiger partial charge in [-0.15, -0.1) is 47.6 Å². The van der Waals surface area contributed by atoms with E-state index in [0.717, 1.165) is 16.9 Å². The molecule has 0 saturated heterocycles. The summed E-state index contributed by atoms with van der Waals surface area (Å²) in [7, 11) is 2.00. The number of nitrogens with zero attached hydrogens (tertiary/aromatic N) is 4. The van der Waals surface area contributed by atoms with Gasteiger partial charge in [0.15, 0.2) is 0 Å². The Morgan fingerprint density at radius 3 is 2.21 bits per heavy atom. The van der Waals surface area contributed by atoms with Crippen molar-refractivity contribution in [1.82, 2.24) is 14.7 Å². The van der Waals surface area contributed by atoms with E-state index < -0.39 is 0 Å². The summed E-state index contributed by atoms with van der Waals surface area (Å²) in [4.78, 5) is 4.05. The molecule has 5 rings (SSSR count). The number of hydrogen-bond acceptors (Lipinski definition) is 4. The molecule has 38 heavy (non-hydrogen) atoms. The van der Waals surface area contributed by atoms with Gasteiger partial charge in [0.25, 0.3) is 0 Å². The number of aromatic nitrogens is 2. The smallest absolute Gasteiger partial charge is 0.0534 e. The molecule has 1 aliphatic rings. The van der Waals surface area contributed by atoms with Crippen molar-refractivity contribution >= 4 is 5.69 Å². The monoisotopic (exact) mass is 684 g/mol. The van der Waals surface area contributed by atoms with Crippen LogP contribution in [0.5, 0.6) is 11.5 Å². The van der Waals surface area contributed by atoms with E-state index >= 15 is 0 Å². The van der Waals surface area contributed by atoms with Crippen molar-refractivity contribution in [3.05, 3.63) is 121 Å². The quantitative estimate of drug-likeness (QED) is 0.201. The molecule has 4 aromatic rings. The molecule has 5 nitrogen and oxygen atoms in total. The summed E-state index contributed by atoms with van der Waals surface area (Å²) in [6.45, 7) is 13.0. The summed E-state index contributed by atoms with van der Waals surface area (Å²) >= 11 is 0. The van der Waals surface area contributed by atoms with Crippen molar-refractivity contribution in [3.8, 4) is 17.2 Å². The summed E-state index contributed by atoms with van der Waals surface area (Å²) < 4.78 is 8.17. The molecule has 0 spiro atoms. The van der Waals surface area contributed by atoms with Crippen LogP contribution in [-0.4, -0.2) is 21.7 Å². The van der Waals surface area contributed by atoms with Gasteiger partial charge in [-0.05, 0) is 36.1 Å². The number of hydrogen-bond donors (Lipinski definition) is 0. The molecule has 2 heterocycles. The fraction of sp³-hybridized carbons (Fsp3) is 0.250. The fourth-order valence-electron chi connectivity index (χ4n) is 4.29. The first-order chi connectivity index (χ1) is 17.6. The Labute approximate surface area is 241 Å². The zero-order chi connectivity index (χ0) is 26.2. The Morgan fingerprint density at radius 2 is 1.53 bits per heavy atom. The summed E-state index contributed by atoms with van der Waals surface area (Å²) in [6, 6.07) is 27.4. The van der Waals surface area contributed by atoms with Crippen molar-refractivity contribution in [1.29, 1.82) is 0 Å². The maximum Gasteiger partial charge on any atom is 0.0534 e. The average molecular weight is 685 g/mol. The van der Waals surface area contributed by atoms with Gasteiger partial charge in [-0.3, -0.25) is 4.68 Å². The average Bonchev–Trinajstić information content (AvgIpc) is 3.54. The van der Waals surface area contributed by atoms with Crippen LogP contribution in [0.4, 0.5) is 5.69 Å². The van der Waals surface area contributed by atoms with Crippen molar-refractivity contribution in [2.24, 2.45) is 0 Å². The van der Waals surface area contributed by atoms with Crippen LogP contribution in [0, 0.1) is 18.8 Å². The number of rotatable bonds is 6. The molecule has 200 valence electrons. The number of benzene rings is 3. The second kappa shape index (κ2) is 10.8. The molecule has 0 amide bonds. The predicted molar refractivity (Wildman–Crippen MR) is 149 cm³/mol. The third-order valence-corrected chi connectivity index (χ3v) is 6.76. The maximum absolute atomic E-state index is 6.32.